The zero-order valence-electron chi connectivity index (χ0n) is 9.26. The molecule has 16 heavy (non-hydrogen) atoms. The summed E-state index contributed by atoms with van der Waals surface area (Å²) in [4.78, 5) is 2.33. The maximum Gasteiger partial charge on any atom is 0.0991 e. The predicted molar refractivity (Wildman–Crippen MR) is 63.2 cm³/mol. The molecule has 3 nitrogen and oxygen atoms in total. The molecule has 0 radical (unpaired) electrons. The van der Waals surface area contributed by atoms with Crippen LogP contribution in [0.5, 0.6) is 0 Å². The Morgan fingerprint density at radius 3 is 2.75 bits per heavy atom. The highest BCUT2D eigenvalue weighted by Crippen LogP contribution is 2.27. The number of aliphatic hydroxyl groups is 1. The first-order valence-electron chi connectivity index (χ1n) is 5.73. The molecule has 0 aromatic heterocycles. The molecule has 1 aromatic carbocycles. The second kappa shape index (κ2) is 5.00. The van der Waals surface area contributed by atoms with Gasteiger partial charge in [0.05, 0.1) is 11.6 Å². The van der Waals surface area contributed by atoms with E-state index in [1.165, 1.54) is 6.42 Å². The largest absolute Gasteiger partial charge is 0.396 e. The van der Waals surface area contributed by atoms with E-state index in [0.717, 1.165) is 25.1 Å². The van der Waals surface area contributed by atoms with Crippen molar-refractivity contribution in [1.82, 2.24) is 0 Å². The summed E-state index contributed by atoms with van der Waals surface area (Å²) in [5.41, 5.74) is 1.86. The van der Waals surface area contributed by atoms with E-state index in [2.05, 4.69) is 11.0 Å². The van der Waals surface area contributed by atoms with Gasteiger partial charge in [-0.1, -0.05) is 0 Å². The average molecular weight is 216 g/mol. The average Bonchev–Trinajstić information content (AvgIpc) is 2.78. The fraction of sp³-hybridized carbons (Fsp3) is 0.462. The summed E-state index contributed by atoms with van der Waals surface area (Å²) in [7, 11) is 0. The highest BCUT2D eigenvalue weighted by atomic mass is 16.3. The van der Waals surface area contributed by atoms with Gasteiger partial charge in [0.25, 0.3) is 0 Å². The molecule has 1 aliphatic rings. The lowest BCUT2D eigenvalue weighted by Crippen LogP contribution is -2.29. The molecule has 1 saturated heterocycles. The van der Waals surface area contributed by atoms with Gasteiger partial charge in [-0.15, -0.1) is 0 Å². The van der Waals surface area contributed by atoms with Gasteiger partial charge < -0.3 is 10.0 Å². The van der Waals surface area contributed by atoms with Crippen molar-refractivity contribution < 1.29 is 5.11 Å². The highest BCUT2D eigenvalue weighted by molar-refractivity contribution is 5.51. The van der Waals surface area contributed by atoms with Crippen molar-refractivity contribution in [3.63, 3.8) is 0 Å². The number of nitriles is 1. The third-order valence-electron chi connectivity index (χ3n) is 3.17. The fourth-order valence-electron chi connectivity index (χ4n) is 2.35. The van der Waals surface area contributed by atoms with Gasteiger partial charge in [0, 0.05) is 24.9 Å². The molecule has 1 unspecified atom stereocenters. The molecule has 0 saturated carbocycles. The van der Waals surface area contributed by atoms with Crippen LogP contribution in [0.1, 0.15) is 24.8 Å². The van der Waals surface area contributed by atoms with Crippen molar-refractivity contribution >= 4 is 5.69 Å². The number of rotatable bonds is 3. The van der Waals surface area contributed by atoms with Crippen molar-refractivity contribution in [3.8, 4) is 6.07 Å². The van der Waals surface area contributed by atoms with Crippen LogP contribution in [-0.4, -0.2) is 24.3 Å². The van der Waals surface area contributed by atoms with E-state index in [1.54, 1.807) is 0 Å². The summed E-state index contributed by atoms with van der Waals surface area (Å²) in [5, 5.41) is 17.7. The van der Waals surface area contributed by atoms with E-state index in [0.29, 0.717) is 11.6 Å². The van der Waals surface area contributed by atoms with Crippen LogP contribution < -0.4 is 4.90 Å². The van der Waals surface area contributed by atoms with E-state index in [1.807, 2.05) is 24.3 Å². The molecular formula is C13H16N2O. The molecule has 2 rings (SSSR count). The molecule has 1 fully saturated rings. The van der Waals surface area contributed by atoms with Gasteiger partial charge in [0.15, 0.2) is 0 Å². The first-order chi connectivity index (χ1) is 7.85. The summed E-state index contributed by atoms with van der Waals surface area (Å²) >= 11 is 0. The first-order valence-corrected chi connectivity index (χ1v) is 5.73. The lowest BCUT2D eigenvalue weighted by atomic mass is 10.1. The highest BCUT2D eigenvalue weighted by Gasteiger charge is 2.23. The van der Waals surface area contributed by atoms with Crippen molar-refractivity contribution in [3.05, 3.63) is 29.8 Å². The van der Waals surface area contributed by atoms with Crippen LogP contribution in [0, 0.1) is 11.3 Å². The molecule has 0 aliphatic carbocycles. The Balaban J connectivity index is 2.13. The summed E-state index contributed by atoms with van der Waals surface area (Å²) in [5.74, 6) is 0. The van der Waals surface area contributed by atoms with Gasteiger partial charge >= 0.3 is 0 Å². The summed E-state index contributed by atoms with van der Waals surface area (Å²) in [6.07, 6.45) is 3.17. The minimum Gasteiger partial charge on any atom is -0.396 e. The Hall–Kier alpha value is -1.53. The SMILES string of the molecule is N#Cc1ccc(N2CCCC2CCO)cc1. The van der Waals surface area contributed by atoms with Crippen LogP contribution in [0.15, 0.2) is 24.3 Å². The maximum absolute atomic E-state index is 9.00. The number of aliphatic hydroxyl groups excluding tert-OH is 1. The summed E-state index contributed by atoms with van der Waals surface area (Å²) in [6, 6.07) is 10.3. The second-order valence-electron chi connectivity index (χ2n) is 4.16. The first kappa shape index (κ1) is 11.0. The Morgan fingerprint density at radius 1 is 1.38 bits per heavy atom. The third kappa shape index (κ3) is 2.17. The van der Waals surface area contributed by atoms with Crippen LogP contribution in [-0.2, 0) is 0 Å². The molecule has 1 N–H and O–H groups in total. The normalized spacial score (nSPS) is 19.8. The van der Waals surface area contributed by atoms with Gasteiger partial charge in [-0.2, -0.15) is 5.26 Å². The van der Waals surface area contributed by atoms with E-state index in [-0.39, 0.29) is 6.61 Å². The monoisotopic (exact) mass is 216 g/mol. The smallest absolute Gasteiger partial charge is 0.0991 e. The zero-order chi connectivity index (χ0) is 11.4. The Bertz CT molecular complexity index is 380. The van der Waals surface area contributed by atoms with Gasteiger partial charge in [-0.3, -0.25) is 0 Å². The standard InChI is InChI=1S/C13H16N2O/c14-10-11-3-5-13(6-4-11)15-8-1-2-12(15)7-9-16/h3-6,12,16H,1-2,7-9H2. The van der Waals surface area contributed by atoms with Crippen LogP contribution in [0.3, 0.4) is 0 Å². The minimum atomic E-state index is 0.247. The number of anilines is 1. The van der Waals surface area contributed by atoms with Gasteiger partial charge in [-0.05, 0) is 43.5 Å². The molecule has 3 heteroatoms. The van der Waals surface area contributed by atoms with Crippen LogP contribution in [0.2, 0.25) is 0 Å². The molecule has 1 aliphatic heterocycles. The van der Waals surface area contributed by atoms with E-state index >= 15 is 0 Å². The quantitative estimate of drug-likeness (QED) is 0.839. The predicted octanol–water partition coefficient (Wildman–Crippen LogP) is 1.91. The number of hydrogen-bond donors (Lipinski definition) is 1. The molecule has 1 heterocycles. The number of hydrogen-bond acceptors (Lipinski definition) is 3. The Labute approximate surface area is 95.9 Å². The van der Waals surface area contributed by atoms with Crippen molar-refractivity contribution in [2.24, 2.45) is 0 Å². The second-order valence-corrected chi connectivity index (χ2v) is 4.16. The minimum absolute atomic E-state index is 0.247. The summed E-state index contributed by atoms with van der Waals surface area (Å²) in [6.45, 7) is 1.30. The molecular weight excluding hydrogens is 200 g/mol. The number of nitrogens with zero attached hydrogens (tertiary/aromatic N) is 2. The third-order valence-corrected chi connectivity index (χ3v) is 3.17. The molecule has 1 atom stereocenters. The molecule has 84 valence electrons. The van der Waals surface area contributed by atoms with Crippen LogP contribution in [0.4, 0.5) is 5.69 Å². The topological polar surface area (TPSA) is 47.3 Å². The lowest BCUT2D eigenvalue weighted by Gasteiger charge is -2.26. The Morgan fingerprint density at radius 2 is 2.12 bits per heavy atom. The van der Waals surface area contributed by atoms with Gasteiger partial charge in [0.2, 0.25) is 0 Å². The number of benzene rings is 1. The fourth-order valence-corrected chi connectivity index (χ4v) is 2.35. The van der Waals surface area contributed by atoms with Crippen molar-refractivity contribution in [1.29, 1.82) is 5.26 Å². The summed E-state index contributed by atoms with van der Waals surface area (Å²) < 4.78 is 0. The zero-order valence-corrected chi connectivity index (χ0v) is 9.26. The molecule has 1 aromatic rings. The molecule has 0 bridgehead atoms. The van der Waals surface area contributed by atoms with E-state index < -0.39 is 0 Å². The molecule has 0 spiro atoms. The van der Waals surface area contributed by atoms with Crippen LogP contribution in [0.25, 0.3) is 0 Å². The Kier molecular flexibility index (Phi) is 3.43. The van der Waals surface area contributed by atoms with E-state index in [9.17, 15) is 0 Å². The van der Waals surface area contributed by atoms with Crippen molar-refractivity contribution in [2.45, 2.75) is 25.3 Å². The van der Waals surface area contributed by atoms with Gasteiger partial charge in [0.1, 0.15) is 0 Å². The van der Waals surface area contributed by atoms with E-state index in [4.69, 9.17) is 10.4 Å². The van der Waals surface area contributed by atoms with Crippen molar-refractivity contribution in [2.75, 3.05) is 18.1 Å². The maximum atomic E-state index is 9.00. The molecule has 0 amide bonds. The van der Waals surface area contributed by atoms with Crippen LogP contribution >= 0.6 is 0 Å². The van der Waals surface area contributed by atoms with Gasteiger partial charge in [-0.25, -0.2) is 0 Å². The lowest BCUT2D eigenvalue weighted by molar-refractivity contribution is 0.276.